The van der Waals surface area contributed by atoms with Crippen LogP contribution in [0.5, 0.6) is 0 Å². The summed E-state index contributed by atoms with van der Waals surface area (Å²) >= 11 is 0. The molecule has 0 aromatic rings. The van der Waals surface area contributed by atoms with Gasteiger partial charge in [-0.05, 0) is 45.1 Å². The maximum Gasteiger partial charge on any atom is 0.215 e. The highest BCUT2D eigenvalue weighted by Gasteiger charge is 2.34. The quantitative estimate of drug-likeness (QED) is 0.850. The summed E-state index contributed by atoms with van der Waals surface area (Å²) in [6.45, 7) is 5.85. The molecule has 0 radical (unpaired) electrons. The van der Waals surface area contributed by atoms with Gasteiger partial charge in [-0.3, -0.25) is 0 Å². The molecule has 4 nitrogen and oxygen atoms in total. The van der Waals surface area contributed by atoms with E-state index in [2.05, 4.69) is 12.2 Å². The molecule has 2 aliphatic heterocycles. The Morgan fingerprint density at radius 3 is 2.61 bits per heavy atom. The second-order valence-electron chi connectivity index (χ2n) is 6.03. The fourth-order valence-electron chi connectivity index (χ4n) is 3.05. The van der Waals surface area contributed by atoms with Gasteiger partial charge in [0.2, 0.25) is 10.0 Å². The summed E-state index contributed by atoms with van der Waals surface area (Å²) in [5.74, 6) is 0.777. The first kappa shape index (κ1) is 14.3. The van der Waals surface area contributed by atoms with Crippen molar-refractivity contribution in [1.82, 2.24) is 9.62 Å². The van der Waals surface area contributed by atoms with E-state index in [9.17, 15) is 8.42 Å². The van der Waals surface area contributed by atoms with E-state index in [-0.39, 0.29) is 17.8 Å². The minimum absolute atomic E-state index is 0.160. The Hall–Kier alpha value is -0.130. The van der Waals surface area contributed by atoms with Crippen LogP contribution in [-0.2, 0) is 10.0 Å². The van der Waals surface area contributed by atoms with Crippen LogP contribution in [0.4, 0.5) is 0 Å². The molecule has 0 aromatic carbocycles. The van der Waals surface area contributed by atoms with Gasteiger partial charge in [-0.15, -0.1) is 0 Å². The van der Waals surface area contributed by atoms with Crippen molar-refractivity contribution in [3.63, 3.8) is 0 Å². The second-order valence-corrected chi connectivity index (χ2v) is 7.99. The molecule has 2 aliphatic rings. The van der Waals surface area contributed by atoms with Crippen molar-refractivity contribution in [2.45, 2.75) is 58.0 Å². The van der Waals surface area contributed by atoms with E-state index in [1.807, 2.05) is 6.92 Å². The van der Waals surface area contributed by atoms with Crippen LogP contribution in [-0.4, -0.2) is 43.6 Å². The van der Waals surface area contributed by atoms with Crippen LogP contribution in [0.3, 0.4) is 0 Å². The summed E-state index contributed by atoms with van der Waals surface area (Å²) in [4.78, 5) is 0. The van der Waals surface area contributed by atoms with Crippen molar-refractivity contribution in [2.75, 3.05) is 18.8 Å². The van der Waals surface area contributed by atoms with Gasteiger partial charge < -0.3 is 5.32 Å². The molecule has 1 N–H and O–H groups in total. The largest absolute Gasteiger partial charge is 0.313 e. The molecule has 2 rings (SSSR count). The third-order valence-corrected chi connectivity index (χ3v) is 6.29. The zero-order chi connectivity index (χ0) is 13.2. The van der Waals surface area contributed by atoms with Crippen molar-refractivity contribution >= 4 is 10.0 Å². The minimum Gasteiger partial charge on any atom is -0.313 e. The Kier molecular flexibility index (Phi) is 4.67. The molecule has 0 amide bonds. The van der Waals surface area contributed by atoms with E-state index >= 15 is 0 Å². The summed E-state index contributed by atoms with van der Waals surface area (Å²) in [5, 5.41) is 3.33. The third-order valence-electron chi connectivity index (χ3n) is 4.24. The average Bonchev–Trinajstić information content (AvgIpc) is 2.33. The minimum atomic E-state index is -3.09. The average molecular weight is 274 g/mol. The fourth-order valence-corrected chi connectivity index (χ4v) is 5.17. The number of hydrogen-bond donors (Lipinski definition) is 1. The Labute approximate surface area is 111 Å². The van der Waals surface area contributed by atoms with Gasteiger partial charge in [-0.25, -0.2) is 8.42 Å². The molecule has 2 heterocycles. The maximum atomic E-state index is 12.5. The van der Waals surface area contributed by atoms with E-state index < -0.39 is 10.0 Å². The van der Waals surface area contributed by atoms with Gasteiger partial charge in [0.1, 0.15) is 0 Å². The van der Waals surface area contributed by atoms with E-state index in [1.54, 1.807) is 4.31 Å². The summed E-state index contributed by atoms with van der Waals surface area (Å²) in [7, 11) is -3.09. The smallest absolute Gasteiger partial charge is 0.215 e. The Bertz CT molecular complexity index is 363. The number of piperidine rings is 2. The van der Waals surface area contributed by atoms with Crippen LogP contribution in [0, 0.1) is 5.92 Å². The molecular weight excluding hydrogens is 248 g/mol. The lowest BCUT2D eigenvalue weighted by Crippen LogP contribution is -2.49. The van der Waals surface area contributed by atoms with Crippen LogP contribution < -0.4 is 5.32 Å². The van der Waals surface area contributed by atoms with E-state index in [4.69, 9.17) is 0 Å². The molecule has 0 saturated carbocycles. The van der Waals surface area contributed by atoms with Gasteiger partial charge in [-0.2, -0.15) is 4.31 Å². The highest BCUT2D eigenvalue weighted by molar-refractivity contribution is 7.89. The first-order valence-electron chi connectivity index (χ1n) is 7.22. The van der Waals surface area contributed by atoms with Crippen LogP contribution in [0.15, 0.2) is 0 Å². The van der Waals surface area contributed by atoms with E-state index in [0.29, 0.717) is 12.5 Å². The van der Waals surface area contributed by atoms with Crippen molar-refractivity contribution in [3.8, 4) is 0 Å². The fraction of sp³-hybridized carbons (Fsp3) is 1.00. The number of rotatable bonds is 3. The zero-order valence-electron chi connectivity index (χ0n) is 11.6. The molecular formula is C13H26N2O2S. The highest BCUT2D eigenvalue weighted by Crippen LogP contribution is 2.25. The van der Waals surface area contributed by atoms with E-state index in [1.165, 1.54) is 6.42 Å². The Morgan fingerprint density at radius 1 is 1.17 bits per heavy atom. The van der Waals surface area contributed by atoms with Gasteiger partial charge >= 0.3 is 0 Å². The van der Waals surface area contributed by atoms with Crippen LogP contribution in [0.1, 0.15) is 46.0 Å². The van der Waals surface area contributed by atoms with Gasteiger partial charge in [0, 0.05) is 18.6 Å². The van der Waals surface area contributed by atoms with Crippen LogP contribution in [0.25, 0.3) is 0 Å². The summed E-state index contributed by atoms with van der Waals surface area (Å²) < 4.78 is 26.7. The predicted octanol–water partition coefficient (Wildman–Crippen LogP) is 1.58. The molecule has 106 valence electrons. The van der Waals surface area contributed by atoms with Gasteiger partial charge in [0.25, 0.3) is 0 Å². The van der Waals surface area contributed by atoms with Crippen molar-refractivity contribution in [1.29, 1.82) is 0 Å². The lowest BCUT2D eigenvalue weighted by molar-refractivity contribution is 0.217. The monoisotopic (exact) mass is 274 g/mol. The normalized spacial score (nSPS) is 35.6. The van der Waals surface area contributed by atoms with Gasteiger partial charge in [0.15, 0.2) is 0 Å². The lowest BCUT2D eigenvalue weighted by atomic mass is 9.97. The zero-order valence-corrected chi connectivity index (χ0v) is 12.4. The molecule has 2 saturated heterocycles. The molecule has 0 spiro atoms. The Balaban J connectivity index is 2.00. The van der Waals surface area contributed by atoms with Crippen molar-refractivity contribution < 1.29 is 8.42 Å². The number of nitrogens with one attached hydrogen (secondary N) is 1. The molecule has 0 aliphatic carbocycles. The molecule has 3 atom stereocenters. The molecule has 2 fully saturated rings. The number of sulfonamides is 1. The Morgan fingerprint density at radius 2 is 1.94 bits per heavy atom. The highest BCUT2D eigenvalue weighted by atomic mass is 32.2. The van der Waals surface area contributed by atoms with Crippen LogP contribution in [0.2, 0.25) is 0 Å². The predicted molar refractivity (Wildman–Crippen MR) is 74.0 cm³/mol. The molecule has 3 unspecified atom stereocenters. The standard InChI is InChI=1S/C13H26N2O2S/c1-11-6-7-12(2)15(9-11)18(16,17)10-13-5-3-4-8-14-13/h11-14H,3-10H2,1-2H3. The van der Waals surface area contributed by atoms with Crippen molar-refractivity contribution in [3.05, 3.63) is 0 Å². The summed E-state index contributed by atoms with van der Waals surface area (Å²) in [6.07, 6.45) is 5.47. The summed E-state index contributed by atoms with van der Waals surface area (Å²) in [5.41, 5.74) is 0. The van der Waals surface area contributed by atoms with E-state index in [0.717, 1.165) is 32.2 Å². The maximum absolute atomic E-state index is 12.5. The number of hydrogen-bond acceptors (Lipinski definition) is 3. The van der Waals surface area contributed by atoms with Gasteiger partial charge in [-0.1, -0.05) is 13.3 Å². The summed E-state index contributed by atoms with van der Waals surface area (Å²) in [6, 6.07) is 0.336. The molecule has 18 heavy (non-hydrogen) atoms. The first-order chi connectivity index (χ1) is 8.49. The SMILES string of the molecule is CC1CCC(C)N(S(=O)(=O)CC2CCCCN2)C1. The van der Waals surface area contributed by atoms with Gasteiger partial charge in [0.05, 0.1) is 5.75 Å². The van der Waals surface area contributed by atoms with Crippen molar-refractivity contribution in [2.24, 2.45) is 5.92 Å². The number of nitrogens with zero attached hydrogens (tertiary/aromatic N) is 1. The topological polar surface area (TPSA) is 49.4 Å². The molecule has 0 aromatic heterocycles. The molecule has 0 bridgehead atoms. The first-order valence-corrected chi connectivity index (χ1v) is 8.83. The molecule has 5 heteroatoms. The second kappa shape index (κ2) is 5.88. The third kappa shape index (κ3) is 3.45. The lowest BCUT2D eigenvalue weighted by Gasteiger charge is -2.37. The van der Waals surface area contributed by atoms with Crippen LogP contribution >= 0.6 is 0 Å².